The molecule has 0 saturated carbocycles. The summed E-state index contributed by atoms with van der Waals surface area (Å²) in [6.45, 7) is 1.88. The van der Waals surface area contributed by atoms with Crippen LogP contribution in [0.3, 0.4) is 0 Å². The Morgan fingerprint density at radius 1 is 1.10 bits per heavy atom. The van der Waals surface area contributed by atoms with Crippen LogP contribution in [-0.4, -0.2) is 33.2 Å². The molecular formula is C24H27N2O3S+. The number of quaternary nitrogens is 1. The van der Waals surface area contributed by atoms with E-state index in [1.807, 2.05) is 30.3 Å². The number of hydrogen-bond acceptors (Lipinski definition) is 4. The lowest BCUT2D eigenvalue weighted by atomic mass is 9.91. The Balaban J connectivity index is 1.57. The van der Waals surface area contributed by atoms with Crippen molar-refractivity contribution in [2.24, 2.45) is 0 Å². The van der Waals surface area contributed by atoms with Gasteiger partial charge in [0.15, 0.2) is 18.0 Å². The first-order chi connectivity index (χ1) is 14.7. The molecule has 0 spiro atoms. The molecule has 2 aromatic carbocycles. The molecule has 1 aliphatic heterocycles. The summed E-state index contributed by atoms with van der Waals surface area (Å²) in [6.07, 6.45) is 0.902. The average Bonchev–Trinajstić information content (AvgIpc) is 3.31. The molecule has 1 unspecified atom stereocenters. The number of ether oxygens (including phenoxy) is 2. The van der Waals surface area contributed by atoms with Crippen LogP contribution in [0.15, 0.2) is 60.0 Å². The molecule has 1 aromatic heterocycles. The number of methoxy groups -OCH3 is 2. The largest absolute Gasteiger partial charge is 0.493 e. The molecule has 3 aromatic rings. The highest BCUT2D eigenvalue weighted by Gasteiger charge is 2.35. The van der Waals surface area contributed by atoms with Crippen molar-refractivity contribution in [3.05, 3.63) is 81.5 Å². The first-order valence-electron chi connectivity index (χ1n) is 10.1. The minimum atomic E-state index is 0.0688. The average molecular weight is 424 g/mol. The van der Waals surface area contributed by atoms with Gasteiger partial charge in [-0.2, -0.15) is 0 Å². The molecule has 2 atom stereocenters. The summed E-state index contributed by atoms with van der Waals surface area (Å²) in [4.78, 5) is 15.3. The maximum absolute atomic E-state index is 12.8. The van der Waals surface area contributed by atoms with Crippen molar-refractivity contribution in [2.45, 2.75) is 19.0 Å². The van der Waals surface area contributed by atoms with Gasteiger partial charge < -0.3 is 19.7 Å². The van der Waals surface area contributed by atoms with E-state index in [2.05, 4.69) is 35.0 Å². The number of thiophene rings is 1. The van der Waals surface area contributed by atoms with E-state index < -0.39 is 0 Å². The van der Waals surface area contributed by atoms with Gasteiger partial charge in [-0.15, -0.1) is 11.3 Å². The van der Waals surface area contributed by atoms with Gasteiger partial charge >= 0.3 is 0 Å². The van der Waals surface area contributed by atoms with E-state index in [0.29, 0.717) is 13.1 Å². The third-order valence-electron chi connectivity index (χ3n) is 5.63. The van der Waals surface area contributed by atoms with Gasteiger partial charge in [-0.1, -0.05) is 36.4 Å². The lowest BCUT2D eigenvalue weighted by Crippen LogP contribution is -3.14. The Hall–Kier alpha value is -2.83. The molecule has 0 bridgehead atoms. The van der Waals surface area contributed by atoms with Crippen LogP contribution < -0.4 is 19.7 Å². The predicted octanol–water partition coefficient (Wildman–Crippen LogP) is 2.61. The van der Waals surface area contributed by atoms with Crippen LogP contribution >= 0.6 is 11.3 Å². The van der Waals surface area contributed by atoms with Crippen molar-refractivity contribution in [3.8, 4) is 11.5 Å². The second-order valence-electron chi connectivity index (χ2n) is 7.45. The van der Waals surface area contributed by atoms with Gasteiger partial charge in [-0.3, -0.25) is 4.79 Å². The second-order valence-corrected chi connectivity index (χ2v) is 8.43. The molecule has 5 nitrogen and oxygen atoms in total. The Bertz CT molecular complexity index is 989. The third kappa shape index (κ3) is 4.35. The highest BCUT2D eigenvalue weighted by Crippen LogP contribution is 2.36. The van der Waals surface area contributed by atoms with Gasteiger partial charge in [0, 0.05) is 18.5 Å². The molecule has 1 aliphatic rings. The molecule has 2 N–H and O–H groups in total. The summed E-state index contributed by atoms with van der Waals surface area (Å²) in [6, 6.07) is 18.5. The summed E-state index contributed by atoms with van der Waals surface area (Å²) in [5, 5.41) is 5.17. The number of fused-ring (bicyclic) bond motifs is 1. The number of nitrogens with one attached hydrogen (secondary N) is 2. The molecule has 0 radical (unpaired) electrons. The third-order valence-corrected chi connectivity index (χ3v) is 6.57. The monoisotopic (exact) mass is 423 g/mol. The number of benzene rings is 2. The molecule has 0 saturated heterocycles. The van der Waals surface area contributed by atoms with Crippen LogP contribution in [0.2, 0.25) is 0 Å². The fraction of sp³-hybridized carbons (Fsp3) is 0.292. The summed E-state index contributed by atoms with van der Waals surface area (Å²) in [7, 11) is 3.33. The van der Waals surface area contributed by atoms with Crippen molar-refractivity contribution in [3.63, 3.8) is 0 Å². The Morgan fingerprint density at radius 2 is 1.87 bits per heavy atom. The summed E-state index contributed by atoms with van der Waals surface area (Å²) in [5.74, 6) is 1.55. The van der Waals surface area contributed by atoms with E-state index in [4.69, 9.17) is 9.47 Å². The molecule has 0 fully saturated rings. The van der Waals surface area contributed by atoms with Crippen LogP contribution in [0.1, 0.15) is 27.6 Å². The quantitative estimate of drug-likeness (QED) is 0.614. The normalized spacial score (nSPS) is 17.8. The van der Waals surface area contributed by atoms with E-state index in [0.717, 1.165) is 30.0 Å². The molecule has 30 heavy (non-hydrogen) atoms. The lowest BCUT2D eigenvalue weighted by molar-refractivity contribution is -0.919. The second kappa shape index (κ2) is 9.32. The van der Waals surface area contributed by atoms with Crippen molar-refractivity contribution in [1.29, 1.82) is 0 Å². The maximum atomic E-state index is 12.8. The number of amides is 1. The predicted molar refractivity (Wildman–Crippen MR) is 118 cm³/mol. The van der Waals surface area contributed by atoms with E-state index in [9.17, 15) is 4.79 Å². The van der Waals surface area contributed by atoms with Gasteiger partial charge in [-0.25, -0.2) is 0 Å². The maximum Gasteiger partial charge on any atom is 0.275 e. The fourth-order valence-corrected chi connectivity index (χ4v) is 5.05. The highest BCUT2D eigenvalue weighted by molar-refractivity contribution is 7.10. The first kappa shape index (κ1) is 20.4. The standard InChI is InChI=1S/C24H26N2O3S/c1-28-20-13-18-10-11-26(16-23(27)25-15-17-7-4-3-5-8-17)24(22-9-6-12-30-22)19(18)14-21(20)29-2/h3-9,12-14,24H,10-11,15-16H2,1-2H3,(H,25,27)/p+1/t24-/m1/s1. The minimum absolute atomic E-state index is 0.0688. The zero-order valence-electron chi connectivity index (χ0n) is 17.3. The van der Waals surface area contributed by atoms with Gasteiger partial charge in [0.05, 0.1) is 25.6 Å². The van der Waals surface area contributed by atoms with Crippen LogP contribution in [0.5, 0.6) is 11.5 Å². The summed E-state index contributed by atoms with van der Waals surface area (Å²) >= 11 is 1.73. The van der Waals surface area contributed by atoms with E-state index >= 15 is 0 Å². The summed E-state index contributed by atoms with van der Waals surface area (Å²) < 4.78 is 11.1. The van der Waals surface area contributed by atoms with Crippen LogP contribution in [-0.2, 0) is 17.8 Å². The zero-order valence-corrected chi connectivity index (χ0v) is 18.1. The molecular weight excluding hydrogens is 396 g/mol. The molecule has 156 valence electrons. The number of carbonyl (C=O) groups is 1. The minimum Gasteiger partial charge on any atom is -0.493 e. The number of carbonyl (C=O) groups excluding carboxylic acids is 1. The number of rotatable bonds is 7. The van der Waals surface area contributed by atoms with Crippen LogP contribution in [0, 0.1) is 0 Å². The van der Waals surface area contributed by atoms with Crippen LogP contribution in [0.25, 0.3) is 0 Å². The van der Waals surface area contributed by atoms with E-state index in [1.165, 1.54) is 20.9 Å². The Kier molecular flexibility index (Phi) is 6.35. The van der Waals surface area contributed by atoms with Crippen LogP contribution in [0.4, 0.5) is 0 Å². The van der Waals surface area contributed by atoms with Crippen molar-refractivity contribution >= 4 is 17.2 Å². The van der Waals surface area contributed by atoms with Gasteiger partial charge in [0.2, 0.25) is 0 Å². The van der Waals surface area contributed by atoms with Gasteiger partial charge in [-0.05, 0) is 34.7 Å². The van der Waals surface area contributed by atoms with Crippen molar-refractivity contribution in [1.82, 2.24) is 5.32 Å². The summed E-state index contributed by atoms with van der Waals surface area (Å²) in [5.41, 5.74) is 3.59. The molecule has 4 rings (SSSR count). The molecule has 0 aliphatic carbocycles. The van der Waals surface area contributed by atoms with Gasteiger partial charge in [0.1, 0.15) is 6.04 Å². The highest BCUT2D eigenvalue weighted by atomic mass is 32.1. The Labute approximate surface area is 181 Å². The van der Waals surface area contributed by atoms with Crippen molar-refractivity contribution in [2.75, 3.05) is 27.3 Å². The van der Waals surface area contributed by atoms with E-state index in [-0.39, 0.29) is 11.9 Å². The smallest absolute Gasteiger partial charge is 0.275 e. The Morgan fingerprint density at radius 3 is 2.57 bits per heavy atom. The van der Waals surface area contributed by atoms with Gasteiger partial charge in [0.25, 0.3) is 5.91 Å². The topological polar surface area (TPSA) is 52.0 Å². The SMILES string of the molecule is COc1cc2c(cc1OC)[C@H](c1cccs1)[NH+](CC(=O)NCc1ccccc1)CC2. The molecule has 1 amide bonds. The van der Waals surface area contributed by atoms with Crippen molar-refractivity contribution < 1.29 is 19.2 Å². The molecule has 6 heteroatoms. The van der Waals surface area contributed by atoms with E-state index in [1.54, 1.807) is 25.6 Å². The fourth-order valence-electron chi connectivity index (χ4n) is 4.15. The molecule has 2 heterocycles. The zero-order chi connectivity index (χ0) is 20.9. The lowest BCUT2D eigenvalue weighted by Gasteiger charge is -2.34. The first-order valence-corrected chi connectivity index (χ1v) is 11.0. The number of hydrogen-bond donors (Lipinski definition) is 2.